The van der Waals surface area contributed by atoms with Crippen molar-refractivity contribution in [3.8, 4) is 11.5 Å². The molecule has 1 aliphatic rings. The van der Waals surface area contributed by atoms with Crippen molar-refractivity contribution in [3.63, 3.8) is 0 Å². The maximum Gasteiger partial charge on any atom is 0.240 e. The summed E-state index contributed by atoms with van der Waals surface area (Å²) in [7, 11) is -3.72. The molecule has 0 spiro atoms. The molecule has 0 saturated heterocycles. The number of nitrogens with one attached hydrogen (secondary N) is 1. The summed E-state index contributed by atoms with van der Waals surface area (Å²) in [4.78, 5) is 1.19. The van der Waals surface area contributed by atoms with E-state index in [0.29, 0.717) is 24.7 Å². The van der Waals surface area contributed by atoms with Gasteiger partial charge in [0.15, 0.2) is 11.5 Å². The fourth-order valence-corrected chi connectivity index (χ4v) is 5.08. The Labute approximate surface area is 168 Å². The zero-order chi connectivity index (χ0) is 19.7. The highest BCUT2D eigenvalue weighted by atomic mass is 32.2. The van der Waals surface area contributed by atoms with Crippen LogP contribution in [0.5, 0.6) is 11.5 Å². The number of ether oxygens (including phenoxy) is 2. The van der Waals surface area contributed by atoms with E-state index in [1.807, 2.05) is 42.1 Å². The lowest BCUT2D eigenvalue weighted by Gasteiger charge is -2.20. The summed E-state index contributed by atoms with van der Waals surface area (Å²) in [6.45, 7) is 4.95. The number of aryl methyl sites for hydroxylation is 2. The largest absolute Gasteiger partial charge is 0.486 e. The van der Waals surface area contributed by atoms with Crippen molar-refractivity contribution >= 4 is 21.4 Å². The molecule has 1 atom stereocenters. The van der Waals surface area contributed by atoms with Crippen LogP contribution in [0.4, 0.5) is 0 Å². The summed E-state index contributed by atoms with van der Waals surface area (Å²) in [5.74, 6) is 1.01. The highest BCUT2D eigenvalue weighted by Gasteiger charge is 2.24. The minimum Gasteiger partial charge on any atom is -0.486 e. The van der Waals surface area contributed by atoms with E-state index in [-0.39, 0.29) is 17.5 Å². The van der Waals surface area contributed by atoms with E-state index in [0.717, 1.165) is 16.3 Å². The van der Waals surface area contributed by atoms with Gasteiger partial charge in [-0.2, -0.15) is 5.10 Å². The van der Waals surface area contributed by atoms with Crippen molar-refractivity contribution in [1.29, 1.82) is 0 Å². The third kappa shape index (κ3) is 3.78. The van der Waals surface area contributed by atoms with E-state index in [9.17, 15) is 8.42 Å². The van der Waals surface area contributed by atoms with Gasteiger partial charge in [0, 0.05) is 23.2 Å². The van der Waals surface area contributed by atoms with Crippen LogP contribution < -0.4 is 14.2 Å². The molecule has 1 N–H and O–H groups in total. The van der Waals surface area contributed by atoms with Gasteiger partial charge in [0.05, 0.1) is 16.6 Å². The number of hydrogen-bond acceptors (Lipinski definition) is 6. The zero-order valence-corrected chi connectivity index (χ0v) is 17.2. The Hall–Kier alpha value is -2.36. The lowest BCUT2D eigenvalue weighted by atomic mass is 10.2. The van der Waals surface area contributed by atoms with Crippen molar-refractivity contribution in [2.24, 2.45) is 0 Å². The number of fused-ring (bicyclic) bond motifs is 1. The maximum absolute atomic E-state index is 12.9. The molecule has 0 aliphatic carbocycles. The molecule has 9 heteroatoms. The molecule has 0 radical (unpaired) electrons. The Bertz CT molecular complexity index is 1070. The van der Waals surface area contributed by atoms with Crippen molar-refractivity contribution in [2.45, 2.75) is 24.8 Å². The van der Waals surface area contributed by atoms with E-state index in [2.05, 4.69) is 9.82 Å². The minimum absolute atomic E-state index is 0.148. The second-order valence-corrected chi connectivity index (χ2v) is 9.31. The molecule has 7 nitrogen and oxygen atoms in total. The quantitative estimate of drug-likeness (QED) is 0.664. The van der Waals surface area contributed by atoms with Crippen molar-refractivity contribution in [2.75, 3.05) is 19.8 Å². The van der Waals surface area contributed by atoms with Crippen molar-refractivity contribution < 1.29 is 17.9 Å². The summed E-state index contributed by atoms with van der Waals surface area (Å²) in [6.07, 6.45) is 0. The lowest BCUT2D eigenvalue weighted by molar-refractivity contribution is 0.171. The molecule has 1 unspecified atom stereocenters. The number of hydrogen-bond donors (Lipinski definition) is 1. The molecule has 148 valence electrons. The van der Waals surface area contributed by atoms with Gasteiger partial charge in [0.1, 0.15) is 13.2 Å². The summed E-state index contributed by atoms with van der Waals surface area (Å²) in [5.41, 5.74) is 1.88. The van der Waals surface area contributed by atoms with Crippen LogP contribution in [0.2, 0.25) is 0 Å². The molecule has 0 bridgehead atoms. The second-order valence-electron chi connectivity index (χ2n) is 6.56. The zero-order valence-electron chi connectivity index (χ0n) is 15.6. The summed E-state index contributed by atoms with van der Waals surface area (Å²) >= 11 is 1.58. The molecule has 0 fully saturated rings. The molecular formula is C19H21N3O4S2. The molecule has 0 saturated carbocycles. The fourth-order valence-electron chi connectivity index (χ4n) is 3.21. The summed E-state index contributed by atoms with van der Waals surface area (Å²) in [5, 5.41) is 6.53. The first-order chi connectivity index (χ1) is 13.4. The van der Waals surface area contributed by atoms with E-state index >= 15 is 0 Å². The molecule has 0 amide bonds. The minimum atomic E-state index is -3.72. The Morgan fingerprint density at radius 1 is 1.18 bits per heavy atom. The first-order valence-electron chi connectivity index (χ1n) is 8.89. The predicted molar refractivity (Wildman–Crippen MR) is 107 cm³/mol. The third-order valence-corrected chi connectivity index (χ3v) is 6.90. The van der Waals surface area contributed by atoms with Gasteiger partial charge in [-0.1, -0.05) is 6.07 Å². The summed E-state index contributed by atoms with van der Waals surface area (Å²) < 4.78 is 41.3. The van der Waals surface area contributed by atoms with Crippen molar-refractivity contribution in [3.05, 3.63) is 58.0 Å². The Kier molecular flexibility index (Phi) is 5.13. The summed E-state index contributed by atoms with van der Waals surface area (Å²) in [6, 6.07) is 10.4. The van der Waals surface area contributed by atoms with Crippen LogP contribution in [-0.4, -0.2) is 38.0 Å². The van der Waals surface area contributed by atoms with Gasteiger partial charge in [-0.15, -0.1) is 11.3 Å². The molecule has 1 aromatic carbocycles. The normalized spacial score (nSPS) is 14.8. The monoisotopic (exact) mass is 419 g/mol. The van der Waals surface area contributed by atoms with Crippen LogP contribution in [0.15, 0.2) is 46.7 Å². The molecular weight excluding hydrogens is 398 g/mol. The van der Waals surface area contributed by atoms with Gasteiger partial charge in [-0.3, -0.25) is 4.68 Å². The average molecular weight is 420 g/mol. The predicted octanol–water partition coefficient (Wildman–Crippen LogP) is 2.90. The molecule has 3 aromatic rings. The fraction of sp³-hybridized carbons (Fsp3) is 0.316. The van der Waals surface area contributed by atoms with Gasteiger partial charge in [0.25, 0.3) is 0 Å². The lowest BCUT2D eigenvalue weighted by Crippen LogP contribution is -2.32. The Balaban J connectivity index is 1.59. The van der Waals surface area contributed by atoms with Gasteiger partial charge in [-0.25, -0.2) is 13.1 Å². The number of sulfonamides is 1. The van der Waals surface area contributed by atoms with Gasteiger partial charge in [-0.05, 0) is 43.5 Å². The third-order valence-electron chi connectivity index (χ3n) is 4.50. The topological polar surface area (TPSA) is 82.5 Å². The molecule has 2 aromatic heterocycles. The van der Waals surface area contributed by atoms with E-state index < -0.39 is 10.0 Å². The van der Waals surface area contributed by atoms with E-state index in [1.165, 1.54) is 12.1 Å². The van der Waals surface area contributed by atoms with Gasteiger partial charge < -0.3 is 9.47 Å². The van der Waals surface area contributed by atoms with Crippen LogP contribution in [0.3, 0.4) is 0 Å². The standard InChI is InChI=1S/C19H21N3O4S2/c1-13-10-14(2)22(21-13)16(19-4-3-9-27-19)12-20-28(23,24)15-5-6-17-18(11-15)26-8-7-25-17/h3-6,9-11,16,20H,7-8,12H2,1-2H3. The van der Waals surface area contributed by atoms with Crippen LogP contribution >= 0.6 is 11.3 Å². The number of benzene rings is 1. The first kappa shape index (κ1) is 19.0. The number of aromatic nitrogens is 2. The molecule has 4 rings (SSSR count). The van der Waals surface area contributed by atoms with Crippen LogP contribution in [-0.2, 0) is 10.0 Å². The van der Waals surface area contributed by atoms with Crippen molar-refractivity contribution in [1.82, 2.24) is 14.5 Å². The highest BCUT2D eigenvalue weighted by molar-refractivity contribution is 7.89. The molecule has 28 heavy (non-hydrogen) atoms. The smallest absolute Gasteiger partial charge is 0.240 e. The van der Waals surface area contributed by atoms with Gasteiger partial charge >= 0.3 is 0 Å². The van der Waals surface area contributed by atoms with Crippen LogP contribution in [0.25, 0.3) is 0 Å². The maximum atomic E-state index is 12.9. The first-order valence-corrected chi connectivity index (χ1v) is 11.3. The second kappa shape index (κ2) is 7.57. The number of nitrogens with zero attached hydrogens (tertiary/aromatic N) is 2. The van der Waals surface area contributed by atoms with Crippen LogP contribution in [0.1, 0.15) is 22.3 Å². The van der Waals surface area contributed by atoms with E-state index in [1.54, 1.807) is 17.4 Å². The highest BCUT2D eigenvalue weighted by Crippen LogP contribution is 2.32. The molecule has 1 aliphatic heterocycles. The Morgan fingerprint density at radius 3 is 2.64 bits per heavy atom. The number of rotatable bonds is 6. The Morgan fingerprint density at radius 2 is 1.96 bits per heavy atom. The van der Waals surface area contributed by atoms with Crippen LogP contribution in [0, 0.1) is 13.8 Å². The molecule has 3 heterocycles. The SMILES string of the molecule is Cc1cc(C)n(C(CNS(=O)(=O)c2ccc3c(c2)OCCO3)c2cccs2)n1. The van der Waals surface area contributed by atoms with Gasteiger partial charge in [0.2, 0.25) is 10.0 Å². The van der Waals surface area contributed by atoms with E-state index in [4.69, 9.17) is 9.47 Å². The number of thiophene rings is 1. The average Bonchev–Trinajstić information content (AvgIpc) is 3.32.